The third-order valence-electron chi connectivity index (χ3n) is 4.57. The Labute approximate surface area is 175 Å². The standard InChI is InChI=1S/C23H24N4O3/c1-30-19-5-2-4-16(14-19)9-12-21(28)26-15-17-7-10-18(11-8-17)23(29)27-20-6-3-13-25-22(20)24/h2-8,10-11,13-14H,9,12,15H2,1H3,(H2,24,25)(H,26,28)(H,27,29). The van der Waals surface area contributed by atoms with Crippen molar-refractivity contribution in [3.05, 3.63) is 83.6 Å². The number of rotatable bonds is 8. The number of anilines is 2. The second kappa shape index (κ2) is 10.1. The van der Waals surface area contributed by atoms with Crippen molar-refractivity contribution in [2.75, 3.05) is 18.2 Å². The van der Waals surface area contributed by atoms with Gasteiger partial charge in [0.25, 0.3) is 5.91 Å². The highest BCUT2D eigenvalue weighted by molar-refractivity contribution is 6.05. The number of ether oxygens (including phenoxy) is 1. The van der Waals surface area contributed by atoms with Crippen LogP contribution < -0.4 is 21.1 Å². The maximum absolute atomic E-state index is 12.3. The average molecular weight is 404 g/mol. The Kier molecular flexibility index (Phi) is 7.00. The topological polar surface area (TPSA) is 106 Å². The van der Waals surface area contributed by atoms with Crippen molar-refractivity contribution < 1.29 is 14.3 Å². The summed E-state index contributed by atoms with van der Waals surface area (Å²) < 4.78 is 5.19. The van der Waals surface area contributed by atoms with Gasteiger partial charge in [0.2, 0.25) is 5.91 Å². The van der Waals surface area contributed by atoms with Gasteiger partial charge in [-0.2, -0.15) is 0 Å². The first-order chi connectivity index (χ1) is 14.5. The summed E-state index contributed by atoms with van der Waals surface area (Å²) >= 11 is 0. The molecule has 0 aliphatic carbocycles. The number of nitrogens with two attached hydrogens (primary N) is 1. The maximum atomic E-state index is 12.3. The van der Waals surface area contributed by atoms with Crippen molar-refractivity contribution in [1.82, 2.24) is 10.3 Å². The first-order valence-corrected chi connectivity index (χ1v) is 9.55. The summed E-state index contributed by atoms with van der Waals surface area (Å²) in [7, 11) is 1.62. The van der Waals surface area contributed by atoms with E-state index in [-0.39, 0.29) is 17.6 Å². The van der Waals surface area contributed by atoms with E-state index >= 15 is 0 Å². The molecule has 0 spiro atoms. The van der Waals surface area contributed by atoms with E-state index < -0.39 is 0 Å². The quantitative estimate of drug-likeness (QED) is 0.535. The van der Waals surface area contributed by atoms with Crippen molar-refractivity contribution in [1.29, 1.82) is 0 Å². The smallest absolute Gasteiger partial charge is 0.255 e. The van der Waals surface area contributed by atoms with E-state index in [0.717, 1.165) is 16.9 Å². The third kappa shape index (κ3) is 5.81. The van der Waals surface area contributed by atoms with Crippen LogP contribution in [-0.4, -0.2) is 23.9 Å². The van der Waals surface area contributed by atoms with Gasteiger partial charge in [0.1, 0.15) is 11.6 Å². The van der Waals surface area contributed by atoms with Crippen molar-refractivity contribution >= 4 is 23.3 Å². The van der Waals surface area contributed by atoms with E-state index in [1.807, 2.05) is 36.4 Å². The first kappa shape index (κ1) is 20.9. The molecule has 0 atom stereocenters. The molecule has 1 aromatic heterocycles. The summed E-state index contributed by atoms with van der Waals surface area (Å²) in [6.45, 7) is 0.397. The molecule has 2 amide bonds. The normalized spacial score (nSPS) is 10.3. The van der Waals surface area contributed by atoms with Gasteiger partial charge in [0.15, 0.2) is 0 Å². The Balaban J connectivity index is 1.47. The van der Waals surface area contributed by atoms with Crippen molar-refractivity contribution in [2.45, 2.75) is 19.4 Å². The number of hydrogen-bond acceptors (Lipinski definition) is 5. The second-order valence-electron chi connectivity index (χ2n) is 6.72. The van der Waals surface area contributed by atoms with Crippen LogP contribution in [0.4, 0.5) is 11.5 Å². The molecule has 1 heterocycles. The lowest BCUT2D eigenvalue weighted by atomic mass is 10.1. The molecule has 2 aromatic carbocycles. The molecule has 4 N–H and O–H groups in total. The summed E-state index contributed by atoms with van der Waals surface area (Å²) in [5.74, 6) is 0.734. The zero-order valence-electron chi connectivity index (χ0n) is 16.7. The Morgan fingerprint density at radius 3 is 2.57 bits per heavy atom. The highest BCUT2D eigenvalue weighted by Gasteiger charge is 2.09. The van der Waals surface area contributed by atoms with Gasteiger partial charge in [0, 0.05) is 24.7 Å². The molecule has 154 valence electrons. The van der Waals surface area contributed by atoms with Gasteiger partial charge in [-0.25, -0.2) is 4.98 Å². The summed E-state index contributed by atoms with van der Waals surface area (Å²) in [6, 6.07) is 18.1. The van der Waals surface area contributed by atoms with Crippen molar-refractivity contribution in [3.63, 3.8) is 0 Å². The van der Waals surface area contributed by atoms with Crippen LogP contribution in [0.1, 0.15) is 27.9 Å². The van der Waals surface area contributed by atoms with Crippen LogP contribution >= 0.6 is 0 Å². The largest absolute Gasteiger partial charge is 0.497 e. The molecule has 0 fully saturated rings. The van der Waals surface area contributed by atoms with Crippen LogP contribution in [0.2, 0.25) is 0 Å². The molecule has 0 aliphatic heterocycles. The van der Waals surface area contributed by atoms with E-state index in [1.165, 1.54) is 0 Å². The zero-order chi connectivity index (χ0) is 21.3. The summed E-state index contributed by atoms with van der Waals surface area (Å²) in [4.78, 5) is 28.4. The molecule has 3 rings (SSSR count). The first-order valence-electron chi connectivity index (χ1n) is 9.55. The van der Waals surface area contributed by atoms with Gasteiger partial charge in [-0.05, 0) is 53.9 Å². The Hall–Kier alpha value is -3.87. The van der Waals surface area contributed by atoms with E-state index in [9.17, 15) is 9.59 Å². The number of nitrogens with zero attached hydrogens (tertiary/aromatic N) is 1. The third-order valence-corrected chi connectivity index (χ3v) is 4.57. The Bertz CT molecular complexity index is 1020. The molecule has 0 aliphatic rings. The zero-order valence-corrected chi connectivity index (χ0v) is 16.7. The minimum atomic E-state index is -0.274. The lowest BCUT2D eigenvalue weighted by molar-refractivity contribution is -0.121. The number of aryl methyl sites for hydroxylation is 1. The summed E-state index contributed by atoms with van der Waals surface area (Å²) in [5, 5.41) is 5.63. The molecule has 7 nitrogen and oxygen atoms in total. The molecule has 0 bridgehead atoms. The fraction of sp³-hybridized carbons (Fsp3) is 0.174. The highest BCUT2D eigenvalue weighted by atomic mass is 16.5. The van der Waals surface area contributed by atoms with Crippen LogP contribution in [-0.2, 0) is 17.8 Å². The predicted octanol–water partition coefficient (Wildman–Crippen LogP) is 3.17. The molecular weight excluding hydrogens is 380 g/mol. The van der Waals surface area contributed by atoms with Gasteiger partial charge >= 0.3 is 0 Å². The predicted molar refractivity (Wildman–Crippen MR) is 116 cm³/mol. The lowest BCUT2D eigenvalue weighted by Gasteiger charge is -2.09. The van der Waals surface area contributed by atoms with Gasteiger partial charge in [0.05, 0.1) is 12.8 Å². The number of hydrogen-bond donors (Lipinski definition) is 3. The second-order valence-corrected chi connectivity index (χ2v) is 6.72. The van der Waals surface area contributed by atoms with Gasteiger partial charge in [-0.3, -0.25) is 9.59 Å². The van der Waals surface area contributed by atoms with E-state index in [0.29, 0.717) is 30.6 Å². The van der Waals surface area contributed by atoms with Crippen LogP contribution in [0.3, 0.4) is 0 Å². The monoisotopic (exact) mass is 404 g/mol. The van der Waals surface area contributed by atoms with E-state index in [1.54, 1.807) is 37.6 Å². The molecule has 0 radical (unpaired) electrons. The molecule has 0 saturated heterocycles. The fourth-order valence-electron chi connectivity index (χ4n) is 2.87. The Morgan fingerprint density at radius 2 is 1.83 bits per heavy atom. The molecule has 30 heavy (non-hydrogen) atoms. The number of nitrogens with one attached hydrogen (secondary N) is 2. The average Bonchev–Trinajstić information content (AvgIpc) is 2.78. The molecule has 0 unspecified atom stereocenters. The Morgan fingerprint density at radius 1 is 1.03 bits per heavy atom. The number of pyridine rings is 1. The number of amides is 2. The minimum Gasteiger partial charge on any atom is -0.497 e. The van der Waals surface area contributed by atoms with Crippen molar-refractivity contribution in [2.24, 2.45) is 0 Å². The van der Waals surface area contributed by atoms with E-state index in [2.05, 4.69) is 15.6 Å². The van der Waals surface area contributed by atoms with Crippen LogP contribution in [0.5, 0.6) is 5.75 Å². The van der Waals surface area contributed by atoms with E-state index in [4.69, 9.17) is 10.5 Å². The maximum Gasteiger partial charge on any atom is 0.255 e. The fourth-order valence-corrected chi connectivity index (χ4v) is 2.87. The molecule has 3 aromatic rings. The number of methoxy groups -OCH3 is 1. The molecular formula is C23H24N4O3. The van der Waals surface area contributed by atoms with Crippen LogP contribution in [0.15, 0.2) is 66.9 Å². The molecule has 7 heteroatoms. The number of nitrogen functional groups attached to an aromatic ring is 1. The van der Waals surface area contributed by atoms with Crippen LogP contribution in [0.25, 0.3) is 0 Å². The van der Waals surface area contributed by atoms with Gasteiger partial charge < -0.3 is 21.1 Å². The number of carbonyl (C=O) groups excluding carboxylic acids is 2. The SMILES string of the molecule is COc1cccc(CCC(=O)NCc2ccc(C(=O)Nc3cccnc3N)cc2)c1. The number of carbonyl (C=O) groups is 2. The van der Waals surface area contributed by atoms with Crippen LogP contribution in [0, 0.1) is 0 Å². The van der Waals surface area contributed by atoms with Crippen molar-refractivity contribution in [3.8, 4) is 5.75 Å². The number of aromatic nitrogens is 1. The number of benzene rings is 2. The highest BCUT2D eigenvalue weighted by Crippen LogP contribution is 2.16. The van der Waals surface area contributed by atoms with Gasteiger partial charge in [-0.15, -0.1) is 0 Å². The molecule has 0 saturated carbocycles. The summed E-state index contributed by atoms with van der Waals surface area (Å²) in [5.41, 5.74) is 8.66. The minimum absolute atomic E-state index is 0.0355. The van der Waals surface area contributed by atoms with Gasteiger partial charge in [-0.1, -0.05) is 24.3 Å². The lowest BCUT2D eigenvalue weighted by Crippen LogP contribution is -2.23. The summed E-state index contributed by atoms with van der Waals surface area (Å²) in [6.07, 6.45) is 2.59.